The van der Waals surface area contributed by atoms with Gasteiger partial charge in [-0.1, -0.05) is 29.3 Å². The van der Waals surface area contributed by atoms with Crippen molar-refractivity contribution in [1.29, 1.82) is 0 Å². The molecule has 0 radical (unpaired) electrons. The van der Waals surface area contributed by atoms with E-state index in [9.17, 15) is 14.0 Å². The van der Waals surface area contributed by atoms with Gasteiger partial charge in [-0.2, -0.15) is 0 Å². The average Bonchev–Trinajstić information content (AvgIpc) is 2.50. The average molecular weight is 369 g/mol. The third kappa shape index (κ3) is 4.24. The Morgan fingerprint density at radius 2 is 1.67 bits per heavy atom. The molecule has 7 heteroatoms. The number of rotatable bonds is 4. The number of anilines is 2. The molecular formula is C17H15Cl2FN2O2. The highest BCUT2D eigenvalue weighted by Gasteiger charge is 2.36. The summed E-state index contributed by atoms with van der Waals surface area (Å²) >= 11 is 11.9. The predicted octanol–water partition coefficient (Wildman–Crippen LogP) is 4.74. The van der Waals surface area contributed by atoms with Crippen LogP contribution in [0.5, 0.6) is 0 Å². The standard InChI is InChI=1S/C17H15Cl2FN2O2/c1-17(2,15(23)21-12-5-3-4-11(20)9-12)16(24)22-14-8-10(18)6-7-13(14)19/h3-9H,1-2H3,(H,21,23)(H,22,24). The lowest BCUT2D eigenvalue weighted by molar-refractivity contribution is -0.135. The van der Waals surface area contributed by atoms with Crippen LogP contribution in [0.1, 0.15) is 13.8 Å². The van der Waals surface area contributed by atoms with Crippen molar-refractivity contribution in [3.05, 3.63) is 58.3 Å². The van der Waals surface area contributed by atoms with Crippen molar-refractivity contribution in [3.63, 3.8) is 0 Å². The molecule has 0 saturated carbocycles. The first-order chi connectivity index (χ1) is 11.2. The van der Waals surface area contributed by atoms with Gasteiger partial charge in [-0.05, 0) is 50.2 Å². The van der Waals surface area contributed by atoms with Gasteiger partial charge in [0.15, 0.2) is 0 Å². The van der Waals surface area contributed by atoms with E-state index in [1.54, 1.807) is 12.1 Å². The van der Waals surface area contributed by atoms with Gasteiger partial charge in [0.05, 0.1) is 10.7 Å². The maximum atomic E-state index is 13.2. The van der Waals surface area contributed by atoms with E-state index < -0.39 is 23.0 Å². The fourth-order valence-electron chi connectivity index (χ4n) is 1.83. The molecule has 0 bridgehead atoms. The van der Waals surface area contributed by atoms with E-state index in [0.29, 0.717) is 15.7 Å². The summed E-state index contributed by atoms with van der Waals surface area (Å²) in [6.07, 6.45) is 0. The van der Waals surface area contributed by atoms with E-state index in [4.69, 9.17) is 23.2 Å². The van der Waals surface area contributed by atoms with E-state index in [1.165, 1.54) is 44.2 Å². The molecule has 0 aliphatic rings. The van der Waals surface area contributed by atoms with Gasteiger partial charge in [0, 0.05) is 10.7 Å². The first kappa shape index (κ1) is 18.2. The van der Waals surface area contributed by atoms with E-state index in [-0.39, 0.29) is 5.69 Å². The molecule has 0 aliphatic heterocycles. The number of benzene rings is 2. The maximum absolute atomic E-state index is 13.2. The molecule has 2 amide bonds. The summed E-state index contributed by atoms with van der Waals surface area (Å²) in [5.41, 5.74) is -0.847. The number of amides is 2. The van der Waals surface area contributed by atoms with Gasteiger partial charge in [0.25, 0.3) is 0 Å². The van der Waals surface area contributed by atoms with E-state index >= 15 is 0 Å². The van der Waals surface area contributed by atoms with Crippen LogP contribution in [-0.2, 0) is 9.59 Å². The van der Waals surface area contributed by atoms with Gasteiger partial charge in [0.2, 0.25) is 11.8 Å². The Bertz CT molecular complexity index is 794. The van der Waals surface area contributed by atoms with E-state index in [0.717, 1.165) is 0 Å². The number of nitrogens with one attached hydrogen (secondary N) is 2. The van der Waals surface area contributed by atoms with Gasteiger partial charge in [0.1, 0.15) is 11.2 Å². The summed E-state index contributed by atoms with van der Waals surface area (Å²) in [6.45, 7) is 2.91. The van der Waals surface area contributed by atoms with Gasteiger partial charge in [-0.15, -0.1) is 0 Å². The van der Waals surface area contributed by atoms with Crippen molar-refractivity contribution in [2.75, 3.05) is 10.6 Å². The molecular weight excluding hydrogens is 354 g/mol. The van der Waals surface area contributed by atoms with Crippen molar-refractivity contribution in [1.82, 2.24) is 0 Å². The van der Waals surface area contributed by atoms with Gasteiger partial charge >= 0.3 is 0 Å². The minimum atomic E-state index is -1.42. The van der Waals surface area contributed by atoms with Gasteiger partial charge in [-0.25, -0.2) is 4.39 Å². The highest BCUT2D eigenvalue weighted by Crippen LogP contribution is 2.28. The largest absolute Gasteiger partial charge is 0.325 e. The Balaban J connectivity index is 2.14. The third-order valence-electron chi connectivity index (χ3n) is 3.39. The summed E-state index contributed by atoms with van der Waals surface area (Å²) in [7, 11) is 0. The molecule has 0 unspecified atom stereocenters. The van der Waals surface area contributed by atoms with Crippen molar-refractivity contribution in [2.45, 2.75) is 13.8 Å². The van der Waals surface area contributed by atoms with Crippen LogP contribution < -0.4 is 10.6 Å². The highest BCUT2D eigenvalue weighted by atomic mass is 35.5. The number of hydrogen-bond acceptors (Lipinski definition) is 2. The molecule has 0 saturated heterocycles. The molecule has 2 N–H and O–H groups in total. The van der Waals surface area contributed by atoms with Crippen LogP contribution in [0.25, 0.3) is 0 Å². The summed E-state index contributed by atoms with van der Waals surface area (Å²) in [6, 6.07) is 10.0. The van der Waals surface area contributed by atoms with Crippen LogP contribution in [0.3, 0.4) is 0 Å². The number of carbonyl (C=O) groups is 2. The molecule has 0 aliphatic carbocycles. The topological polar surface area (TPSA) is 58.2 Å². The molecule has 0 atom stereocenters. The van der Waals surface area contributed by atoms with Crippen LogP contribution in [0, 0.1) is 11.2 Å². The molecule has 0 heterocycles. The minimum Gasteiger partial charge on any atom is -0.325 e. The zero-order valence-corrected chi connectivity index (χ0v) is 14.5. The molecule has 0 aromatic heterocycles. The first-order valence-electron chi connectivity index (χ1n) is 7.03. The van der Waals surface area contributed by atoms with E-state index in [1.807, 2.05) is 0 Å². The summed E-state index contributed by atoms with van der Waals surface area (Å²) in [4.78, 5) is 24.8. The Morgan fingerprint density at radius 3 is 2.33 bits per heavy atom. The van der Waals surface area contributed by atoms with Crippen molar-refractivity contribution in [3.8, 4) is 0 Å². The molecule has 126 valence electrons. The van der Waals surface area contributed by atoms with Crippen molar-refractivity contribution in [2.24, 2.45) is 5.41 Å². The van der Waals surface area contributed by atoms with Crippen LogP contribution in [-0.4, -0.2) is 11.8 Å². The summed E-state index contributed by atoms with van der Waals surface area (Å²) in [5.74, 6) is -1.63. The Kier molecular flexibility index (Phi) is 5.47. The zero-order valence-electron chi connectivity index (χ0n) is 13.0. The summed E-state index contributed by atoms with van der Waals surface area (Å²) in [5, 5.41) is 5.80. The SMILES string of the molecule is CC(C)(C(=O)Nc1cccc(F)c1)C(=O)Nc1cc(Cl)ccc1Cl. The Morgan fingerprint density at radius 1 is 1.00 bits per heavy atom. The molecule has 2 aromatic carbocycles. The second-order valence-electron chi connectivity index (χ2n) is 5.67. The molecule has 0 spiro atoms. The molecule has 2 rings (SSSR count). The number of hydrogen-bond donors (Lipinski definition) is 2. The number of halogens is 3. The molecule has 24 heavy (non-hydrogen) atoms. The minimum absolute atomic E-state index is 0.265. The fraction of sp³-hybridized carbons (Fsp3) is 0.176. The highest BCUT2D eigenvalue weighted by molar-refractivity contribution is 6.36. The molecule has 0 fully saturated rings. The lowest BCUT2D eigenvalue weighted by atomic mass is 9.90. The van der Waals surface area contributed by atoms with Crippen molar-refractivity contribution < 1.29 is 14.0 Å². The molecule has 4 nitrogen and oxygen atoms in total. The second kappa shape index (κ2) is 7.20. The van der Waals surface area contributed by atoms with Crippen LogP contribution in [0.2, 0.25) is 10.0 Å². The lowest BCUT2D eigenvalue weighted by Gasteiger charge is -2.23. The monoisotopic (exact) mass is 368 g/mol. The third-order valence-corrected chi connectivity index (χ3v) is 3.96. The summed E-state index contributed by atoms with van der Waals surface area (Å²) < 4.78 is 13.2. The van der Waals surface area contributed by atoms with Gasteiger partial charge < -0.3 is 10.6 Å². The normalized spacial score (nSPS) is 11.0. The molecule has 2 aromatic rings. The van der Waals surface area contributed by atoms with Crippen LogP contribution in [0.4, 0.5) is 15.8 Å². The zero-order chi connectivity index (χ0) is 17.9. The smallest absolute Gasteiger partial charge is 0.239 e. The first-order valence-corrected chi connectivity index (χ1v) is 7.79. The van der Waals surface area contributed by atoms with Crippen molar-refractivity contribution >= 4 is 46.4 Å². The van der Waals surface area contributed by atoms with E-state index in [2.05, 4.69) is 10.6 Å². The second-order valence-corrected chi connectivity index (χ2v) is 6.51. The van der Waals surface area contributed by atoms with Crippen LogP contribution in [0.15, 0.2) is 42.5 Å². The Labute approximate surface area is 149 Å². The quantitative estimate of drug-likeness (QED) is 0.765. The maximum Gasteiger partial charge on any atom is 0.239 e. The van der Waals surface area contributed by atoms with Gasteiger partial charge in [-0.3, -0.25) is 9.59 Å². The lowest BCUT2D eigenvalue weighted by Crippen LogP contribution is -2.41. The number of carbonyl (C=O) groups excluding carboxylic acids is 2. The van der Waals surface area contributed by atoms with Crippen LogP contribution >= 0.6 is 23.2 Å². The predicted molar refractivity (Wildman–Crippen MR) is 93.9 cm³/mol. The Hall–Kier alpha value is -2.11. The fourth-order valence-corrected chi connectivity index (χ4v) is 2.17.